The number of hydrogen-bond donors (Lipinski definition) is 2. The molecule has 0 aromatic carbocycles. The molecular formula is C11H17N3O3. The Morgan fingerprint density at radius 2 is 2.29 bits per heavy atom. The van der Waals surface area contributed by atoms with Crippen molar-refractivity contribution < 1.29 is 9.53 Å². The summed E-state index contributed by atoms with van der Waals surface area (Å²) in [6, 6.07) is 0.781. The first-order chi connectivity index (χ1) is 8.06. The summed E-state index contributed by atoms with van der Waals surface area (Å²) >= 11 is 0. The average molecular weight is 239 g/mol. The van der Waals surface area contributed by atoms with Gasteiger partial charge in [-0.25, -0.2) is 9.78 Å². The summed E-state index contributed by atoms with van der Waals surface area (Å²) in [6.07, 6.45) is 0.624. The van der Waals surface area contributed by atoms with Crippen molar-refractivity contribution in [2.45, 2.75) is 33.2 Å². The van der Waals surface area contributed by atoms with E-state index >= 15 is 0 Å². The number of aromatic nitrogens is 2. The molecule has 0 aliphatic carbocycles. The van der Waals surface area contributed by atoms with E-state index in [0.717, 1.165) is 0 Å². The molecule has 0 aliphatic heterocycles. The fraction of sp³-hybridized carbons (Fsp3) is 0.545. The van der Waals surface area contributed by atoms with Gasteiger partial charge >= 0.3 is 5.97 Å². The highest BCUT2D eigenvalue weighted by Gasteiger charge is 2.14. The highest BCUT2D eigenvalue weighted by molar-refractivity contribution is 5.78. The van der Waals surface area contributed by atoms with Crippen molar-refractivity contribution >= 4 is 11.8 Å². The van der Waals surface area contributed by atoms with Crippen molar-refractivity contribution in [1.29, 1.82) is 0 Å². The fourth-order valence-electron chi connectivity index (χ4n) is 1.30. The highest BCUT2D eigenvalue weighted by atomic mass is 16.5. The number of aromatic amines is 1. The maximum absolute atomic E-state index is 11.4. The maximum atomic E-state index is 11.4. The number of carbonyl (C=O) groups is 1. The lowest BCUT2D eigenvalue weighted by atomic mass is 10.3. The van der Waals surface area contributed by atoms with E-state index in [1.165, 1.54) is 6.07 Å². The van der Waals surface area contributed by atoms with E-state index < -0.39 is 6.04 Å². The molecule has 1 heterocycles. The van der Waals surface area contributed by atoms with E-state index in [9.17, 15) is 9.59 Å². The number of esters is 1. The zero-order chi connectivity index (χ0) is 12.8. The lowest BCUT2D eigenvalue weighted by molar-refractivity contribution is -0.143. The Bertz CT molecular complexity index is 442. The second kappa shape index (κ2) is 6.03. The van der Waals surface area contributed by atoms with Crippen molar-refractivity contribution in [3.63, 3.8) is 0 Å². The summed E-state index contributed by atoms with van der Waals surface area (Å²) < 4.78 is 4.85. The van der Waals surface area contributed by atoms with Crippen LogP contribution in [0.15, 0.2) is 10.9 Å². The van der Waals surface area contributed by atoms with Crippen molar-refractivity contribution in [2.75, 3.05) is 11.9 Å². The van der Waals surface area contributed by atoms with Crippen LogP contribution in [0.2, 0.25) is 0 Å². The van der Waals surface area contributed by atoms with Crippen LogP contribution in [-0.4, -0.2) is 28.6 Å². The minimum absolute atomic E-state index is 0.240. The van der Waals surface area contributed by atoms with Gasteiger partial charge in [0.15, 0.2) is 0 Å². The van der Waals surface area contributed by atoms with Crippen molar-refractivity contribution in [3.8, 4) is 0 Å². The average Bonchev–Trinajstić information content (AvgIpc) is 2.28. The number of anilines is 1. The number of rotatable bonds is 5. The van der Waals surface area contributed by atoms with Gasteiger partial charge in [0, 0.05) is 12.5 Å². The third-order valence-corrected chi connectivity index (χ3v) is 2.13. The molecule has 1 atom stereocenters. The Kier molecular flexibility index (Phi) is 4.68. The largest absolute Gasteiger partial charge is 0.464 e. The van der Waals surface area contributed by atoms with Gasteiger partial charge in [0.25, 0.3) is 5.56 Å². The second-order valence-electron chi connectivity index (χ2n) is 3.55. The molecule has 17 heavy (non-hydrogen) atoms. The molecule has 1 aromatic heterocycles. The van der Waals surface area contributed by atoms with Gasteiger partial charge in [-0.05, 0) is 13.8 Å². The van der Waals surface area contributed by atoms with Gasteiger partial charge in [0.1, 0.15) is 17.7 Å². The molecule has 1 unspecified atom stereocenters. The lowest BCUT2D eigenvalue weighted by Gasteiger charge is -2.13. The van der Waals surface area contributed by atoms with Crippen LogP contribution in [0.4, 0.5) is 5.82 Å². The van der Waals surface area contributed by atoms with E-state index in [1.807, 2.05) is 6.92 Å². The van der Waals surface area contributed by atoms with Gasteiger partial charge in [-0.1, -0.05) is 6.92 Å². The normalized spacial score (nSPS) is 11.9. The molecule has 1 rings (SSSR count). The summed E-state index contributed by atoms with van der Waals surface area (Å²) in [5.74, 6) is 0.592. The van der Waals surface area contributed by atoms with Gasteiger partial charge in [0.2, 0.25) is 0 Å². The molecule has 0 aliphatic rings. The minimum atomic E-state index is -0.533. The van der Waals surface area contributed by atoms with Crippen LogP contribution < -0.4 is 10.9 Å². The smallest absolute Gasteiger partial charge is 0.328 e. The van der Waals surface area contributed by atoms with E-state index in [-0.39, 0.29) is 11.5 Å². The van der Waals surface area contributed by atoms with Gasteiger partial charge in [-0.15, -0.1) is 0 Å². The van der Waals surface area contributed by atoms with Gasteiger partial charge in [-0.2, -0.15) is 0 Å². The van der Waals surface area contributed by atoms with Crippen LogP contribution in [0.25, 0.3) is 0 Å². The Morgan fingerprint density at radius 3 is 2.88 bits per heavy atom. The van der Waals surface area contributed by atoms with E-state index in [2.05, 4.69) is 15.3 Å². The first kappa shape index (κ1) is 13.2. The van der Waals surface area contributed by atoms with Crippen LogP contribution in [0.5, 0.6) is 0 Å². The summed E-state index contributed by atoms with van der Waals surface area (Å²) in [7, 11) is 0. The number of nitrogens with zero attached hydrogens (tertiary/aromatic N) is 1. The van der Waals surface area contributed by atoms with Crippen molar-refractivity contribution in [1.82, 2.24) is 9.97 Å². The number of H-pyrrole nitrogens is 1. The molecule has 0 amide bonds. The number of carbonyl (C=O) groups excluding carboxylic acids is 1. The standard InChI is InChI=1S/C11H17N3O3/c1-4-8-13-9(6-10(15)14-8)12-7(3)11(16)17-5-2/h6-7H,4-5H2,1-3H3,(H2,12,13,14,15). The molecule has 94 valence electrons. The fourth-order valence-corrected chi connectivity index (χ4v) is 1.30. The zero-order valence-electron chi connectivity index (χ0n) is 10.2. The summed E-state index contributed by atoms with van der Waals surface area (Å²) in [6.45, 7) is 5.61. The van der Waals surface area contributed by atoms with Crippen molar-refractivity contribution in [2.24, 2.45) is 0 Å². The molecule has 6 nitrogen and oxygen atoms in total. The number of aryl methyl sites for hydroxylation is 1. The van der Waals surface area contributed by atoms with Crippen LogP contribution in [0.1, 0.15) is 26.6 Å². The number of ether oxygens (including phenoxy) is 1. The van der Waals surface area contributed by atoms with Crippen molar-refractivity contribution in [3.05, 3.63) is 22.2 Å². The zero-order valence-corrected chi connectivity index (χ0v) is 10.2. The summed E-state index contributed by atoms with van der Waals surface area (Å²) in [5.41, 5.74) is -0.240. The Morgan fingerprint density at radius 1 is 1.59 bits per heavy atom. The monoisotopic (exact) mass is 239 g/mol. The van der Waals surface area contributed by atoms with Crippen LogP contribution in [-0.2, 0) is 16.0 Å². The molecular weight excluding hydrogens is 222 g/mol. The Hall–Kier alpha value is -1.85. The Balaban J connectivity index is 2.77. The third kappa shape index (κ3) is 3.90. The molecule has 0 radical (unpaired) electrons. The van der Waals surface area contributed by atoms with Gasteiger partial charge < -0.3 is 15.0 Å². The predicted molar refractivity (Wildman–Crippen MR) is 64.0 cm³/mol. The Labute approximate surface area is 99.4 Å². The molecule has 1 aromatic rings. The molecule has 0 saturated carbocycles. The number of hydrogen-bond acceptors (Lipinski definition) is 5. The lowest BCUT2D eigenvalue weighted by Crippen LogP contribution is -2.29. The summed E-state index contributed by atoms with van der Waals surface area (Å²) in [4.78, 5) is 29.4. The first-order valence-electron chi connectivity index (χ1n) is 5.60. The second-order valence-corrected chi connectivity index (χ2v) is 3.55. The molecule has 0 saturated heterocycles. The van der Waals surface area contributed by atoms with E-state index in [0.29, 0.717) is 24.7 Å². The first-order valence-corrected chi connectivity index (χ1v) is 5.60. The van der Waals surface area contributed by atoms with E-state index in [1.54, 1.807) is 13.8 Å². The topological polar surface area (TPSA) is 84.1 Å². The SMILES string of the molecule is CCOC(=O)C(C)Nc1cc(=O)[nH]c(CC)n1. The quantitative estimate of drug-likeness (QED) is 0.739. The summed E-state index contributed by atoms with van der Waals surface area (Å²) in [5, 5.41) is 2.84. The van der Waals surface area contributed by atoms with Gasteiger partial charge in [-0.3, -0.25) is 4.79 Å². The van der Waals surface area contributed by atoms with Crippen LogP contribution >= 0.6 is 0 Å². The van der Waals surface area contributed by atoms with Crippen LogP contribution in [0, 0.1) is 0 Å². The predicted octanol–water partition coefficient (Wildman–Crippen LogP) is 0.696. The minimum Gasteiger partial charge on any atom is -0.464 e. The third-order valence-electron chi connectivity index (χ3n) is 2.13. The number of nitrogens with one attached hydrogen (secondary N) is 2. The molecule has 0 spiro atoms. The maximum Gasteiger partial charge on any atom is 0.328 e. The molecule has 2 N–H and O–H groups in total. The molecule has 6 heteroatoms. The highest BCUT2D eigenvalue weighted by Crippen LogP contribution is 2.03. The molecule has 0 fully saturated rings. The van der Waals surface area contributed by atoms with Gasteiger partial charge in [0.05, 0.1) is 6.61 Å². The molecule has 0 bridgehead atoms. The van der Waals surface area contributed by atoms with E-state index in [4.69, 9.17) is 4.74 Å². The van der Waals surface area contributed by atoms with Crippen LogP contribution in [0.3, 0.4) is 0 Å².